The standard InChI is InChI=1S/2Ce.3O. The van der Waals surface area contributed by atoms with Gasteiger partial charge in [-0.15, -0.1) is 0 Å². The molecule has 0 aliphatic rings. The first-order chi connectivity index (χ1) is 2.41. The van der Waals surface area contributed by atoms with Gasteiger partial charge in [0.25, 0.3) is 0 Å². The molecule has 5 heavy (non-hydrogen) atoms. The number of rotatable bonds is 2. The maximum atomic E-state index is 9.35. The third-order valence-corrected chi connectivity index (χ3v) is 4.42. The normalized spacial score (nSPS) is 4.80. The molecule has 0 aromatic rings. The Balaban J connectivity index is 2.65. The molecule has 3 nitrogen and oxygen atoms in total. The van der Waals surface area contributed by atoms with Crippen molar-refractivity contribution in [2.24, 2.45) is 0 Å². The Morgan fingerprint density at radius 3 is 1.60 bits per heavy atom. The summed E-state index contributed by atoms with van der Waals surface area (Å²) >= 11 is -3.87. The van der Waals surface area contributed by atoms with E-state index in [1.807, 2.05) is 0 Å². The summed E-state index contributed by atoms with van der Waals surface area (Å²) < 4.78 is 22.8. The number of hydrogen-bond acceptors (Lipinski definition) is 3. The Morgan fingerprint density at radius 1 is 1.20 bits per heavy atom. The summed E-state index contributed by atoms with van der Waals surface area (Å²) in [5, 5.41) is 0. The first kappa shape index (κ1) is 7.31. The average molecular weight is 328 g/mol. The first-order valence-corrected chi connectivity index (χ1v) is 5.94. The Labute approximate surface area is 73.2 Å². The third kappa shape index (κ3) is 6.31. The van der Waals surface area contributed by atoms with Crippen LogP contribution in [0.2, 0.25) is 0 Å². The van der Waals surface area contributed by atoms with Crippen molar-refractivity contribution >= 4 is 0 Å². The van der Waals surface area contributed by atoms with Gasteiger partial charge < -0.3 is 0 Å². The van der Waals surface area contributed by atoms with E-state index >= 15 is 0 Å². The summed E-state index contributed by atoms with van der Waals surface area (Å²) in [4.78, 5) is 0. The van der Waals surface area contributed by atoms with Gasteiger partial charge in [-0.2, -0.15) is 0 Å². The minimum atomic E-state index is -1.93. The molecule has 5 heteroatoms. The van der Waals surface area contributed by atoms with Gasteiger partial charge in [0.05, 0.1) is 0 Å². The van der Waals surface area contributed by atoms with Crippen molar-refractivity contribution in [3.05, 3.63) is 0 Å². The quantitative estimate of drug-likeness (QED) is 0.699. The SMILES string of the molecule is [O]=[Ce][O][Ce]=[O]. The topological polar surface area (TPSA) is 43.4 Å². The molecule has 0 radical (unpaired) electrons. The van der Waals surface area contributed by atoms with Crippen molar-refractivity contribution < 1.29 is 75.6 Å². The molecule has 0 saturated carbocycles. The molecule has 0 aliphatic heterocycles. The maximum absolute atomic E-state index is 9.35. The molecule has 0 unspecified atom stereocenters. The Bertz CT molecular complexity index is 34.2. The van der Waals surface area contributed by atoms with E-state index in [9.17, 15) is 1.88 Å². The van der Waals surface area contributed by atoms with Crippen LogP contribution < -0.4 is 0 Å². The summed E-state index contributed by atoms with van der Waals surface area (Å²) in [6, 6.07) is 0. The summed E-state index contributed by atoms with van der Waals surface area (Å²) in [7, 11) is 0. The molecule has 26 valence electrons. The fraction of sp³-hybridized carbons (Fsp3) is 0. The fourth-order valence-electron chi connectivity index (χ4n) is 0.0170. The van der Waals surface area contributed by atoms with E-state index in [4.69, 9.17) is 0 Å². The third-order valence-electron chi connectivity index (χ3n) is 0.0833. The molecule has 0 N–H and O–H groups in total. The van der Waals surface area contributed by atoms with Crippen LogP contribution in [0.4, 0.5) is 0 Å². The van der Waals surface area contributed by atoms with Crippen molar-refractivity contribution in [2.45, 2.75) is 0 Å². The van der Waals surface area contributed by atoms with Gasteiger partial charge in [-0.1, -0.05) is 0 Å². The summed E-state index contributed by atoms with van der Waals surface area (Å²) in [6.07, 6.45) is 0. The Morgan fingerprint density at radius 2 is 1.60 bits per heavy atom. The van der Waals surface area contributed by atoms with E-state index in [0.717, 1.165) is 0 Å². The van der Waals surface area contributed by atoms with Crippen LogP contribution in [0.1, 0.15) is 0 Å². The summed E-state index contributed by atoms with van der Waals surface area (Å²) in [6.45, 7) is 0. The van der Waals surface area contributed by atoms with E-state index < -0.39 is 76.6 Å². The van der Waals surface area contributed by atoms with Gasteiger partial charge in [0, 0.05) is 0 Å². The second-order valence-corrected chi connectivity index (χ2v) is 6.62. The fourth-order valence-corrected chi connectivity index (χ4v) is 0.902. The van der Waals surface area contributed by atoms with E-state index in [1.54, 1.807) is 0 Å². The van der Waals surface area contributed by atoms with E-state index in [1.165, 1.54) is 0 Å². The monoisotopic (exact) mass is 328 g/mol. The molecule has 0 aromatic heterocycles. The molecule has 0 rings (SSSR count). The van der Waals surface area contributed by atoms with E-state index in [0.29, 0.717) is 0 Å². The molecule has 0 bridgehead atoms. The van der Waals surface area contributed by atoms with Crippen LogP contribution in [-0.4, -0.2) is 0 Å². The molecule has 0 amide bonds. The Kier molecular flexibility index (Phi) is 9.23. The van der Waals surface area contributed by atoms with Crippen LogP contribution in [0.15, 0.2) is 0 Å². The molecule has 0 heterocycles. The molecule has 0 spiro atoms. The predicted molar refractivity (Wildman–Crippen MR) is 2.46 cm³/mol. The van der Waals surface area contributed by atoms with Gasteiger partial charge >= 0.3 is 75.6 Å². The molecule has 0 fully saturated rings. The van der Waals surface area contributed by atoms with Crippen molar-refractivity contribution in [2.75, 3.05) is 0 Å². The molecular weight excluding hydrogens is 328 g/mol. The van der Waals surface area contributed by atoms with Gasteiger partial charge in [-0.05, 0) is 0 Å². The average Bonchev–Trinajstić information content (AvgIpc) is 1.41. The Hall–Kier alpha value is 2.31. The van der Waals surface area contributed by atoms with Gasteiger partial charge in [0.1, 0.15) is 0 Å². The molecular formula is Ce2O3. The molecule has 0 aromatic carbocycles. The second kappa shape index (κ2) is 6.31. The zero-order valence-electron chi connectivity index (χ0n) is 2.22. The first-order valence-electron chi connectivity index (χ1n) is 0.816. The van der Waals surface area contributed by atoms with Crippen LogP contribution in [0, 0.1) is 76.6 Å². The van der Waals surface area contributed by atoms with Gasteiger partial charge in [-0.3, -0.25) is 0 Å². The van der Waals surface area contributed by atoms with Crippen molar-refractivity contribution in [3.8, 4) is 0 Å². The van der Waals surface area contributed by atoms with Crippen molar-refractivity contribution in [1.29, 1.82) is 0 Å². The van der Waals surface area contributed by atoms with Crippen molar-refractivity contribution in [1.82, 2.24) is 0 Å². The van der Waals surface area contributed by atoms with Crippen LogP contribution in [0.25, 0.3) is 0 Å². The van der Waals surface area contributed by atoms with Crippen molar-refractivity contribution in [3.63, 3.8) is 0 Å². The van der Waals surface area contributed by atoms with Gasteiger partial charge in [-0.25, -0.2) is 0 Å². The zero-order valence-corrected chi connectivity index (χ0v) is 8.50. The van der Waals surface area contributed by atoms with Crippen LogP contribution >= 0.6 is 0 Å². The summed E-state index contributed by atoms with van der Waals surface area (Å²) in [5.41, 5.74) is 0. The van der Waals surface area contributed by atoms with Crippen LogP contribution in [0.5, 0.6) is 0 Å². The predicted octanol–water partition coefficient (Wildman–Crippen LogP) is -0.306. The zero-order chi connectivity index (χ0) is 4.12. The van der Waals surface area contributed by atoms with Crippen LogP contribution in [-0.2, 0) is -0.958 Å². The van der Waals surface area contributed by atoms with Crippen LogP contribution in [0.3, 0.4) is 0 Å². The molecule has 0 aliphatic carbocycles. The second-order valence-electron chi connectivity index (χ2n) is 0.269. The summed E-state index contributed by atoms with van der Waals surface area (Å²) in [5.74, 6) is 0. The van der Waals surface area contributed by atoms with E-state index in [-0.39, 0.29) is 0 Å². The van der Waals surface area contributed by atoms with E-state index in [2.05, 4.69) is -2.83 Å². The minimum absolute atomic E-state index is 1.93. The van der Waals surface area contributed by atoms with Gasteiger partial charge in [0.15, 0.2) is 0 Å². The van der Waals surface area contributed by atoms with Gasteiger partial charge in [0.2, 0.25) is 0 Å². The molecule has 0 saturated heterocycles. The molecule has 0 atom stereocenters. The number of hydrogen-bond donors (Lipinski definition) is 0.